The minimum atomic E-state index is -0.465. The van der Waals surface area contributed by atoms with Crippen LogP contribution in [0.4, 0.5) is 0 Å². The van der Waals surface area contributed by atoms with Gasteiger partial charge in [-0.25, -0.2) is 0 Å². The topological polar surface area (TPSA) is 52.6 Å². The molecule has 0 heterocycles. The van der Waals surface area contributed by atoms with Crippen LogP contribution in [0.5, 0.6) is 0 Å². The van der Waals surface area contributed by atoms with Gasteiger partial charge >= 0.3 is 5.97 Å². The maximum absolute atomic E-state index is 12.5. The lowest BCUT2D eigenvalue weighted by atomic mass is 9.86. The Labute approximate surface area is 138 Å². The molecule has 1 aliphatic carbocycles. The molecule has 1 fully saturated rings. The molecule has 0 spiro atoms. The third-order valence-electron chi connectivity index (χ3n) is 4.63. The summed E-state index contributed by atoms with van der Waals surface area (Å²) in [6.07, 6.45) is 6.03. The number of carbonyl (C=O) groups excluding carboxylic acids is 2. The molecule has 1 aromatic rings. The molecule has 23 heavy (non-hydrogen) atoms. The van der Waals surface area contributed by atoms with Crippen molar-refractivity contribution in [2.75, 3.05) is 0 Å². The van der Waals surface area contributed by atoms with E-state index < -0.39 is 5.60 Å². The zero-order chi connectivity index (χ0) is 16.5. The highest BCUT2D eigenvalue weighted by Crippen LogP contribution is 2.39. The van der Waals surface area contributed by atoms with Gasteiger partial charge in [0.2, 0.25) is 0 Å². The van der Waals surface area contributed by atoms with Crippen LogP contribution in [0.1, 0.15) is 57.4 Å². The summed E-state index contributed by atoms with van der Waals surface area (Å²) in [5, 5.41) is 0. The molecular weight excluding hydrogens is 292 g/mol. The van der Waals surface area contributed by atoms with Crippen LogP contribution in [-0.4, -0.2) is 18.0 Å². The Morgan fingerprint density at radius 2 is 1.96 bits per heavy atom. The van der Waals surface area contributed by atoms with Gasteiger partial charge in [0.05, 0.1) is 5.92 Å². The lowest BCUT2D eigenvalue weighted by Crippen LogP contribution is -2.34. The molecule has 0 saturated heterocycles. The number of carbonyl (C=O) groups is 2. The van der Waals surface area contributed by atoms with Crippen molar-refractivity contribution in [2.24, 2.45) is 5.92 Å². The molecule has 0 N–H and O–H groups in total. The van der Waals surface area contributed by atoms with Gasteiger partial charge in [0.15, 0.2) is 0 Å². The number of esters is 1. The van der Waals surface area contributed by atoms with Crippen LogP contribution in [0.2, 0.25) is 0 Å². The van der Waals surface area contributed by atoms with E-state index in [0.717, 1.165) is 44.1 Å². The second kappa shape index (κ2) is 8.70. The highest BCUT2D eigenvalue weighted by atomic mass is 16.5. The van der Waals surface area contributed by atoms with E-state index in [-0.39, 0.29) is 11.9 Å². The third kappa shape index (κ3) is 5.08. The second-order valence-electron chi connectivity index (χ2n) is 6.39. The Hall–Kier alpha value is -1.84. The largest absolute Gasteiger partial charge is 0.461 e. The monoisotopic (exact) mass is 318 g/mol. The first kappa shape index (κ1) is 17.5. The van der Waals surface area contributed by atoms with Crippen LogP contribution in [0, 0.1) is 5.92 Å². The normalized spacial score (nSPS) is 17.4. The fraction of sp³-hybridized carbons (Fsp3) is 0.579. The third-order valence-corrected chi connectivity index (χ3v) is 4.63. The number of hydrogen-bond acceptors (Lipinski definition) is 4. The Morgan fingerprint density at radius 1 is 1.26 bits per heavy atom. The van der Waals surface area contributed by atoms with Gasteiger partial charge in [0, 0.05) is 6.42 Å². The molecule has 1 aromatic carbocycles. The van der Waals surface area contributed by atoms with Gasteiger partial charge in [-0.1, -0.05) is 43.7 Å². The zero-order valence-electron chi connectivity index (χ0n) is 13.8. The number of benzene rings is 1. The van der Waals surface area contributed by atoms with Crippen molar-refractivity contribution in [3.05, 3.63) is 35.9 Å². The summed E-state index contributed by atoms with van der Waals surface area (Å²) < 4.78 is 10.9. The molecule has 2 rings (SSSR count). The second-order valence-corrected chi connectivity index (χ2v) is 6.39. The van der Waals surface area contributed by atoms with Crippen LogP contribution in [0.25, 0.3) is 0 Å². The molecule has 4 heteroatoms. The van der Waals surface area contributed by atoms with Crippen molar-refractivity contribution >= 4 is 12.4 Å². The Bertz CT molecular complexity index is 491. The molecular formula is C19H26O4. The molecule has 0 bridgehead atoms. The van der Waals surface area contributed by atoms with Crippen molar-refractivity contribution < 1.29 is 19.1 Å². The average Bonchev–Trinajstić information content (AvgIpc) is 3.02. The highest BCUT2D eigenvalue weighted by Gasteiger charge is 2.40. The molecule has 0 radical (unpaired) electrons. The van der Waals surface area contributed by atoms with Crippen LogP contribution in [0.3, 0.4) is 0 Å². The minimum Gasteiger partial charge on any atom is -0.461 e. The highest BCUT2D eigenvalue weighted by molar-refractivity contribution is 5.72. The number of ether oxygens (including phenoxy) is 2. The van der Waals surface area contributed by atoms with E-state index in [2.05, 4.69) is 6.92 Å². The van der Waals surface area contributed by atoms with Gasteiger partial charge in [-0.3, -0.25) is 9.59 Å². The predicted molar refractivity (Wildman–Crippen MR) is 87.6 cm³/mol. The van der Waals surface area contributed by atoms with E-state index >= 15 is 0 Å². The Kier molecular flexibility index (Phi) is 6.63. The first-order chi connectivity index (χ1) is 11.2. The Morgan fingerprint density at radius 3 is 2.57 bits per heavy atom. The molecule has 0 aromatic heterocycles. The first-order valence-corrected chi connectivity index (χ1v) is 8.51. The van der Waals surface area contributed by atoms with Crippen molar-refractivity contribution in [3.8, 4) is 0 Å². The number of hydrogen-bond donors (Lipinski definition) is 0. The fourth-order valence-corrected chi connectivity index (χ4v) is 3.44. The van der Waals surface area contributed by atoms with Gasteiger partial charge < -0.3 is 9.47 Å². The van der Waals surface area contributed by atoms with Crippen LogP contribution < -0.4 is 0 Å². The van der Waals surface area contributed by atoms with Crippen LogP contribution >= 0.6 is 0 Å². The van der Waals surface area contributed by atoms with E-state index in [0.29, 0.717) is 19.5 Å². The Balaban J connectivity index is 1.96. The summed E-state index contributed by atoms with van der Waals surface area (Å²) >= 11 is 0. The number of rotatable bonds is 9. The lowest BCUT2D eigenvalue weighted by molar-refractivity contribution is -0.157. The van der Waals surface area contributed by atoms with E-state index in [9.17, 15) is 9.59 Å². The summed E-state index contributed by atoms with van der Waals surface area (Å²) in [5.41, 5.74) is 0.517. The SMILES string of the molecule is CCCC(CC1(OC=O)CCCC1)C(=O)OCc1ccccc1. The molecule has 0 aliphatic heterocycles. The molecule has 1 aliphatic rings. The van der Waals surface area contributed by atoms with Crippen LogP contribution in [0.15, 0.2) is 30.3 Å². The predicted octanol–water partition coefficient (Wildman–Crippen LogP) is 4.02. The minimum absolute atomic E-state index is 0.184. The van der Waals surface area contributed by atoms with E-state index in [1.165, 1.54) is 0 Å². The molecule has 1 unspecified atom stereocenters. The first-order valence-electron chi connectivity index (χ1n) is 8.51. The quantitative estimate of drug-likeness (QED) is 0.510. The van der Waals surface area contributed by atoms with Gasteiger partial charge in [-0.2, -0.15) is 0 Å². The van der Waals surface area contributed by atoms with E-state index in [4.69, 9.17) is 9.47 Å². The lowest BCUT2D eigenvalue weighted by Gasteiger charge is -2.30. The van der Waals surface area contributed by atoms with Gasteiger partial charge in [-0.05, 0) is 37.7 Å². The average molecular weight is 318 g/mol. The molecule has 4 nitrogen and oxygen atoms in total. The van der Waals surface area contributed by atoms with Gasteiger partial charge in [0.25, 0.3) is 6.47 Å². The maximum Gasteiger partial charge on any atom is 0.309 e. The summed E-state index contributed by atoms with van der Waals surface area (Å²) in [6.45, 7) is 2.88. The molecule has 0 amide bonds. The van der Waals surface area contributed by atoms with E-state index in [1.807, 2.05) is 30.3 Å². The molecule has 1 atom stereocenters. The summed E-state index contributed by atoms with van der Waals surface area (Å²) in [7, 11) is 0. The molecule has 1 saturated carbocycles. The summed E-state index contributed by atoms with van der Waals surface area (Å²) in [6, 6.07) is 9.67. The zero-order valence-corrected chi connectivity index (χ0v) is 13.8. The fourth-order valence-electron chi connectivity index (χ4n) is 3.44. The van der Waals surface area contributed by atoms with Crippen molar-refractivity contribution in [1.29, 1.82) is 0 Å². The van der Waals surface area contributed by atoms with Crippen molar-refractivity contribution in [2.45, 2.75) is 64.1 Å². The summed E-state index contributed by atoms with van der Waals surface area (Å²) in [4.78, 5) is 23.3. The standard InChI is InChI=1S/C19H26O4/c1-2-8-17(13-19(23-15-20)11-6-7-12-19)18(21)22-14-16-9-4-3-5-10-16/h3-5,9-10,15,17H,2,6-8,11-14H2,1H3. The summed E-state index contributed by atoms with van der Waals surface area (Å²) in [5.74, 6) is -0.391. The van der Waals surface area contributed by atoms with Crippen molar-refractivity contribution in [1.82, 2.24) is 0 Å². The van der Waals surface area contributed by atoms with Crippen molar-refractivity contribution in [3.63, 3.8) is 0 Å². The smallest absolute Gasteiger partial charge is 0.309 e. The van der Waals surface area contributed by atoms with E-state index in [1.54, 1.807) is 0 Å². The van der Waals surface area contributed by atoms with Gasteiger partial charge in [0.1, 0.15) is 12.2 Å². The van der Waals surface area contributed by atoms with Gasteiger partial charge in [-0.15, -0.1) is 0 Å². The maximum atomic E-state index is 12.5. The molecule has 126 valence electrons. The van der Waals surface area contributed by atoms with Crippen LogP contribution in [-0.2, 0) is 25.7 Å².